The van der Waals surface area contributed by atoms with Crippen molar-refractivity contribution < 1.29 is 24.2 Å². The molecular formula is C18H25N3O5. The van der Waals surface area contributed by atoms with E-state index in [1.54, 1.807) is 29.0 Å². The number of rotatable bonds is 2. The zero-order chi connectivity index (χ0) is 19.5. The molecule has 3 amide bonds. The second kappa shape index (κ2) is 7.63. The van der Waals surface area contributed by atoms with Crippen LogP contribution in [0.25, 0.3) is 0 Å². The number of ether oxygens (including phenoxy) is 1. The predicted octanol–water partition coefficient (Wildman–Crippen LogP) is 2.49. The molecular weight excluding hydrogens is 338 g/mol. The second-order valence-electron chi connectivity index (χ2n) is 7.15. The van der Waals surface area contributed by atoms with Gasteiger partial charge in [0.2, 0.25) is 0 Å². The number of carbonyl (C=O) groups is 3. The highest BCUT2D eigenvalue weighted by Crippen LogP contribution is 2.17. The Morgan fingerprint density at radius 3 is 1.96 bits per heavy atom. The molecule has 26 heavy (non-hydrogen) atoms. The molecule has 8 heteroatoms. The molecule has 2 rings (SSSR count). The van der Waals surface area contributed by atoms with Crippen LogP contribution in [0.4, 0.5) is 15.3 Å². The lowest BCUT2D eigenvalue weighted by atomic mass is 10.2. The smallest absolute Gasteiger partial charge is 0.410 e. The molecule has 0 aliphatic carbocycles. The van der Waals surface area contributed by atoms with Gasteiger partial charge < -0.3 is 19.6 Å². The van der Waals surface area contributed by atoms with Crippen molar-refractivity contribution in [1.29, 1.82) is 0 Å². The van der Waals surface area contributed by atoms with Crippen molar-refractivity contribution in [3.8, 4) is 0 Å². The summed E-state index contributed by atoms with van der Waals surface area (Å²) in [5.41, 5.74) is 0.224. The zero-order valence-electron chi connectivity index (χ0n) is 15.6. The third-order valence-electron chi connectivity index (χ3n) is 3.99. The van der Waals surface area contributed by atoms with Gasteiger partial charge in [-0.15, -0.1) is 0 Å². The van der Waals surface area contributed by atoms with Crippen molar-refractivity contribution >= 4 is 23.8 Å². The molecule has 0 bridgehead atoms. The minimum absolute atomic E-state index is 0.167. The number of benzene rings is 1. The maximum atomic E-state index is 12.6. The van der Waals surface area contributed by atoms with Gasteiger partial charge in [-0.25, -0.2) is 14.4 Å². The number of hydrogen-bond acceptors (Lipinski definition) is 4. The summed E-state index contributed by atoms with van der Waals surface area (Å²) < 4.78 is 5.35. The quantitative estimate of drug-likeness (QED) is 0.872. The number of anilines is 1. The maximum Gasteiger partial charge on any atom is 0.410 e. The Kier molecular flexibility index (Phi) is 5.74. The largest absolute Gasteiger partial charge is 0.478 e. The van der Waals surface area contributed by atoms with Crippen molar-refractivity contribution in [3.05, 3.63) is 29.8 Å². The van der Waals surface area contributed by atoms with Gasteiger partial charge in [-0.2, -0.15) is 0 Å². The fraction of sp³-hybridized carbons (Fsp3) is 0.500. The number of aromatic carboxylic acids is 1. The van der Waals surface area contributed by atoms with Crippen LogP contribution in [0.1, 0.15) is 31.1 Å². The summed E-state index contributed by atoms with van der Waals surface area (Å²) in [4.78, 5) is 40.3. The van der Waals surface area contributed by atoms with Crippen LogP contribution in [0.3, 0.4) is 0 Å². The first-order valence-electron chi connectivity index (χ1n) is 8.42. The van der Waals surface area contributed by atoms with Gasteiger partial charge in [-0.1, -0.05) is 0 Å². The van der Waals surface area contributed by atoms with E-state index in [0.29, 0.717) is 31.9 Å². The van der Waals surface area contributed by atoms with E-state index in [1.807, 2.05) is 20.8 Å². The van der Waals surface area contributed by atoms with Crippen LogP contribution in [0.5, 0.6) is 0 Å². The number of urea groups is 1. The minimum Gasteiger partial charge on any atom is -0.478 e. The molecule has 0 aromatic heterocycles. The lowest BCUT2D eigenvalue weighted by Gasteiger charge is -2.37. The van der Waals surface area contributed by atoms with Gasteiger partial charge in [0, 0.05) is 38.9 Å². The summed E-state index contributed by atoms with van der Waals surface area (Å²) in [6.45, 7) is 7.09. The molecule has 1 saturated heterocycles. The van der Waals surface area contributed by atoms with Gasteiger partial charge in [-0.05, 0) is 45.0 Å². The summed E-state index contributed by atoms with van der Waals surface area (Å²) in [6.07, 6.45) is -0.373. The molecule has 8 nitrogen and oxygen atoms in total. The number of nitrogens with zero attached hydrogens (tertiary/aromatic N) is 3. The Morgan fingerprint density at radius 2 is 1.50 bits per heavy atom. The van der Waals surface area contributed by atoms with Crippen molar-refractivity contribution in [1.82, 2.24) is 9.80 Å². The third-order valence-corrected chi connectivity index (χ3v) is 3.99. The van der Waals surface area contributed by atoms with Gasteiger partial charge in [0.1, 0.15) is 5.60 Å². The highest BCUT2D eigenvalue weighted by Gasteiger charge is 2.29. The van der Waals surface area contributed by atoms with Gasteiger partial charge >= 0.3 is 18.1 Å². The first kappa shape index (κ1) is 19.6. The first-order chi connectivity index (χ1) is 12.1. The Labute approximate surface area is 152 Å². The van der Waals surface area contributed by atoms with E-state index in [2.05, 4.69) is 0 Å². The van der Waals surface area contributed by atoms with E-state index < -0.39 is 11.6 Å². The summed E-state index contributed by atoms with van der Waals surface area (Å²) in [5.74, 6) is -1.01. The average Bonchev–Trinajstić information content (AvgIpc) is 2.59. The normalized spacial score (nSPS) is 14.8. The number of amides is 3. The van der Waals surface area contributed by atoms with Gasteiger partial charge in [-0.3, -0.25) is 4.90 Å². The van der Waals surface area contributed by atoms with Crippen LogP contribution in [-0.2, 0) is 4.74 Å². The summed E-state index contributed by atoms with van der Waals surface area (Å²) in [6, 6.07) is 5.91. The molecule has 0 spiro atoms. The second-order valence-corrected chi connectivity index (χ2v) is 7.15. The predicted molar refractivity (Wildman–Crippen MR) is 96.6 cm³/mol. The van der Waals surface area contributed by atoms with Crippen LogP contribution in [-0.4, -0.2) is 71.8 Å². The van der Waals surface area contributed by atoms with Crippen LogP contribution < -0.4 is 4.90 Å². The Hall–Kier alpha value is -2.77. The van der Waals surface area contributed by atoms with E-state index in [0.717, 1.165) is 0 Å². The Morgan fingerprint density at radius 1 is 1.00 bits per heavy atom. The number of carboxylic acid groups (broad SMARTS) is 1. The lowest BCUT2D eigenvalue weighted by molar-refractivity contribution is 0.0172. The summed E-state index contributed by atoms with van der Waals surface area (Å²) in [7, 11) is 1.64. The SMILES string of the molecule is CN(C(=O)N1CCN(C(=O)OC(C)(C)C)CC1)c1ccc(C(=O)O)cc1. The Bertz CT molecular complexity index is 673. The molecule has 1 N–H and O–H groups in total. The molecule has 1 fully saturated rings. The Balaban J connectivity index is 1.93. The molecule has 0 radical (unpaired) electrons. The van der Waals surface area contributed by atoms with Crippen molar-refractivity contribution in [3.63, 3.8) is 0 Å². The fourth-order valence-corrected chi connectivity index (χ4v) is 2.56. The molecule has 1 aromatic rings. The van der Waals surface area contributed by atoms with E-state index >= 15 is 0 Å². The van der Waals surface area contributed by atoms with Crippen LogP contribution in [0, 0.1) is 0 Å². The van der Waals surface area contributed by atoms with Gasteiger partial charge in [0.15, 0.2) is 0 Å². The lowest BCUT2D eigenvalue weighted by Crippen LogP contribution is -2.54. The van der Waals surface area contributed by atoms with Gasteiger partial charge in [0.25, 0.3) is 0 Å². The molecule has 1 aromatic carbocycles. The van der Waals surface area contributed by atoms with Gasteiger partial charge in [0.05, 0.1) is 5.56 Å². The van der Waals surface area contributed by atoms with Crippen LogP contribution in [0.2, 0.25) is 0 Å². The van der Waals surface area contributed by atoms with E-state index in [4.69, 9.17) is 9.84 Å². The molecule has 0 atom stereocenters. The topological polar surface area (TPSA) is 90.4 Å². The number of hydrogen-bond donors (Lipinski definition) is 1. The number of piperazine rings is 1. The molecule has 0 saturated carbocycles. The maximum absolute atomic E-state index is 12.6. The summed E-state index contributed by atoms with van der Waals surface area (Å²) >= 11 is 0. The van der Waals surface area contributed by atoms with Crippen molar-refractivity contribution in [2.24, 2.45) is 0 Å². The molecule has 142 valence electrons. The highest BCUT2D eigenvalue weighted by atomic mass is 16.6. The third kappa shape index (κ3) is 4.87. The average molecular weight is 363 g/mol. The monoisotopic (exact) mass is 363 g/mol. The fourth-order valence-electron chi connectivity index (χ4n) is 2.56. The molecule has 1 heterocycles. The zero-order valence-corrected chi connectivity index (χ0v) is 15.6. The first-order valence-corrected chi connectivity index (χ1v) is 8.42. The van der Waals surface area contributed by atoms with Crippen molar-refractivity contribution in [2.75, 3.05) is 38.1 Å². The number of carboxylic acids is 1. The van der Waals surface area contributed by atoms with Crippen LogP contribution >= 0.6 is 0 Å². The number of carbonyl (C=O) groups excluding carboxylic acids is 2. The van der Waals surface area contributed by atoms with Crippen molar-refractivity contribution in [2.45, 2.75) is 26.4 Å². The van der Waals surface area contributed by atoms with Crippen LogP contribution in [0.15, 0.2) is 24.3 Å². The molecule has 0 unspecified atom stereocenters. The summed E-state index contributed by atoms with van der Waals surface area (Å²) in [5, 5.41) is 8.94. The highest BCUT2D eigenvalue weighted by molar-refractivity contribution is 5.93. The molecule has 1 aliphatic heterocycles. The standard InChI is InChI=1S/C18H25N3O5/c1-18(2,3)26-17(25)21-11-9-20(10-12-21)16(24)19(4)14-7-5-13(6-8-14)15(22)23/h5-8H,9-12H2,1-4H3,(H,22,23). The van der Waals surface area contributed by atoms with E-state index in [1.165, 1.54) is 17.0 Å². The minimum atomic E-state index is -1.01. The van der Waals surface area contributed by atoms with E-state index in [-0.39, 0.29) is 17.7 Å². The van der Waals surface area contributed by atoms with E-state index in [9.17, 15) is 14.4 Å². The molecule has 1 aliphatic rings.